The standard InChI is InChI=1S/C16H32N2O/c1-13(2)17-12-14-8-10-18(11-9-14)15-6-4-3-5-7-16(15)19/h13-17,19H,3-12H2,1-2H3. The van der Waals surface area contributed by atoms with Crippen LogP contribution >= 0.6 is 0 Å². The SMILES string of the molecule is CC(C)NCC1CCN(C2CCCCCC2O)CC1. The van der Waals surface area contributed by atoms with Crippen molar-refractivity contribution in [1.82, 2.24) is 10.2 Å². The second-order valence-electron chi connectivity index (χ2n) is 6.81. The van der Waals surface area contributed by atoms with Crippen LogP contribution in [0.4, 0.5) is 0 Å². The minimum absolute atomic E-state index is 0.0761. The van der Waals surface area contributed by atoms with Gasteiger partial charge in [-0.3, -0.25) is 4.90 Å². The van der Waals surface area contributed by atoms with Crippen molar-refractivity contribution in [2.75, 3.05) is 19.6 Å². The Balaban J connectivity index is 1.75. The van der Waals surface area contributed by atoms with E-state index in [9.17, 15) is 5.11 Å². The molecule has 0 spiro atoms. The Bertz CT molecular complexity index is 249. The van der Waals surface area contributed by atoms with Gasteiger partial charge in [0.2, 0.25) is 0 Å². The Morgan fingerprint density at radius 2 is 1.74 bits per heavy atom. The van der Waals surface area contributed by atoms with Gasteiger partial charge in [0.25, 0.3) is 0 Å². The zero-order chi connectivity index (χ0) is 13.7. The van der Waals surface area contributed by atoms with Gasteiger partial charge in [0, 0.05) is 12.1 Å². The van der Waals surface area contributed by atoms with Gasteiger partial charge in [0.05, 0.1) is 6.10 Å². The van der Waals surface area contributed by atoms with Crippen LogP contribution in [0.25, 0.3) is 0 Å². The number of hydrogen-bond donors (Lipinski definition) is 2. The predicted octanol–water partition coefficient (Wildman–Crippen LogP) is 2.39. The van der Waals surface area contributed by atoms with Crippen molar-refractivity contribution < 1.29 is 5.11 Å². The van der Waals surface area contributed by atoms with E-state index in [1.807, 2.05) is 0 Å². The van der Waals surface area contributed by atoms with E-state index in [4.69, 9.17) is 0 Å². The molecule has 1 heterocycles. The number of rotatable bonds is 4. The molecule has 0 amide bonds. The van der Waals surface area contributed by atoms with Crippen molar-refractivity contribution in [1.29, 1.82) is 0 Å². The fraction of sp³-hybridized carbons (Fsp3) is 1.00. The molecule has 2 N–H and O–H groups in total. The lowest BCUT2D eigenvalue weighted by atomic mass is 9.93. The first-order chi connectivity index (χ1) is 9.16. The summed E-state index contributed by atoms with van der Waals surface area (Å²) in [7, 11) is 0. The van der Waals surface area contributed by atoms with E-state index in [0.717, 1.165) is 12.3 Å². The van der Waals surface area contributed by atoms with E-state index in [1.54, 1.807) is 0 Å². The maximum absolute atomic E-state index is 10.3. The summed E-state index contributed by atoms with van der Waals surface area (Å²) in [6.45, 7) is 7.98. The first-order valence-corrected chi connectivity index (χ1v) is 8.32. The number of hydrogen-bond acceptors (Lipinski definition) is 3. The molecular weight excluding hydrogens is 236 g/mol. The summed E-state index contributed by atoms with van der Waals surface area (Å²) in [5, 5.41) is 13.8. The van der Waals surface area contributed by atoms with Crippen molar-refractivity contribution >= 4 is 0 Å². The molecule has 112 valence electrons. The maximum atomic E-state index is 10.3. The monoisotopic (exact) mass is 268 g/mol. The highest BCUT2D eigenvalue weighted by Gasteiger charge is 2.30. The lowest BCUT2D eigenvalue weighted by Gasteiger charge is -2.39. The highest BCUT2D eigenvalue weighted by atomic mass is 16.3. The van der Waals surface area contributed by atoms with E-state index in [0.29, 0.717) is 12.1 Å². The van der Waals surface area contributed by atoms with Gasteiger partial charge in [0.1, 0.15) is 0 Å². The Labute approximate surface area is 118 Å². The molecular formula is C16H32N2O. The van der Waals surface area contributed by atoms with Gasteiger partial charge < -0.3 is 10.4 Å². The number of nitrogens with zero attached hydrogens (tertiary/aromatic N) is 1. The van der Waals surface area contributed by atoms with Crippen molar-refractivity contribution in [3.05, 3.63) is 0 Å². The molecule has 0 aromatic heterocycles. The highest BCUT2D eigenvalue weighted by Crippen LogP contribution is 2.26. The lowest BCUT2D eigenvalue weighted by molar-refractivity contribution is 0.0250. The van der Waals surface area contributed by atoms with Crippen LogP contribution < -0.4 is 5.32 Å². The summed E-state index contributed by atoms with van der Waals surface area (Å²) in [6.07, 6.45) is 8.56. The zero-order valence-corrected chi connectivity index (χ0v) is 12.8. The van der Waals surface area contributed by atoms with Crippen LogP contribution in [0.2, 0.25) is 0 Å². The first-order valence-electron chi connectivity index (χ1n) is 8.32. The Morgan fingerprint density at radius 3 is 2.42 bits per heavy atom. The third-order valence-electron chi connectivity index (χ3n) is 4.88. The van der Waals surface area contributed by atoms with Gasteiger partial charge in [-0.15, -0.1) is 0 Å². The molecule has 3 nitrogen and oxygen atoms in total. The molecule has 1 saturated carbocycles. The number of nitrogens with one attached hydrogen (secondary N) is 1. The molecule has 2 rings (SSSR count). The van der Waals surface area contributed by atoms with Gasteiger partial charge in [-0.2, -0.15) is 0 Å². The normalized spacial score (nSPS) is 31.6. The molecule has 2 unspecified atom stereocenters. The second-order valence-corrected chi connectivity index (χ2v) is 6.81. The molecule has 3 heteroatoms. The summed E-state index contributed by atoms with van der Waals surface area (Å²) in [6, 6.07) is 1.04. The summed E-state index contributed by atoms with van der Waals surface area (Å²) in [4.78, 5) is 2.57. The fourth-order valence-electron chi connectivity index (χ4n) is 3.59. The van der Waals surface area contributed by atoms with Gasteiger partial charge in [0.15, 0.2) is 0 Å². The highest BCUT2D eigenvalue weighted by molar-refractivity contribution is 4.85. The number of aliphatic hydroxyl groups is 1. The molecule has 1 aliphatic carbocycles. The van der Waals surface area contributed by atoms with Crippen LogP contribution in [0.5, 0.6) is 0 Å². The summed E-state index contributed by atoms with van der Waals surface area (Å²) < 4.78 is 0. The minimum Gasteiger partial charge on any atom is -0.391 e. The summed E-state index contributed by atoms with van der Waals surface area (Å²) >= 11 is 0. The van der Waals surface area contributed by atoms with Crippen molar-refractivity contribution in [2.45, 2.75) is 77.0 Å². The molecule has 0 aromatic carbocycles. The van der Waals surface area contributed by atoms with E-state index in [1.165, 1.54) is 58.2 Å². The van der Waals surface area contributed by atoms with Crippen LogP contribution in [0.15, 0.2) is 0 Å². The quantitative estimate of drug-likeness (QED) is 0.769. The minimum atomic E-state index is -0.0761. The zero-order valence-electron chi connectivity index (χ0n) is 12.8. The summed E-state index contributed by atoms with van der Waals surface area (Å²) in [5.41, 5.74) is 0. The van der Waals surface area contributed by atoms with Crippen LogP contribution in [0.3, 0.4) is 0 Å². The second kappa shape index (κ2) is 7.61. The Kier molecular flexibility index (Phi) is 6.11. The topological polar surface area (TPSA) is 35.5 Å². The van der Waals surface area contributed by atoms with Gasteiger partial charge in [-0.05, 0) is 51.2 Å². The average molecular weight is 268 g/mol. The number of likely N-dealkylation sites (tertiary alicyclic amines) is 1. The van der Waals surface area contributed by atoms with Crippen molar-refractivity contribution in [3.8, 4) is 0 Å². The summed E-state index contributed by atoms with van der Waals surface area (Å²) in [5.74, 6) is 0.835. The Hall–Kier alpha value is -0.120. The van der Waals surface area contributed by atoms with Crippen molar-refractivity contribution in [2.24, 2.45) is 5.92 Å². The third kappa shape index (κ3) is 4.73. The van der Waals surface area contributed by atoms with Gasteiger partial charge >= 0.3 is 0 Å². The molecule has 19 heavy (non-hydrogen) atoms. The van der Waals surface area contributed by atoms with Crippen LogP contribution in [0.1, 0.15) is 58.8 Å². The van der Waals surface area contributed by atoms with Crippen LogP contribution in [-0.2, 0) is 0 Å². The average Bonchev–Trinajstić information content (AvgIpc) is 2.62. The van der Waals surface area contributed by atoms with Gasteiger partial charge in [-0.1, -0.05) is 33.1 Å². The lowest BCUT2D eigenvalue weighted by Crippen LogP contribution is -2.48. The molecule has 2 fully saturated rings. The molecule has 0 radical (unpaired) electrons. The smallest absolute Gasteiger partial charge is 0.0695 e. The van der Waals surface area contributed by atoms with E-state index in [2.05, 4.69) is 24.1 Å². The molecule has 2 aliphatic rings. The molecule has 1 saturated heterocycles. The van der Waals surface area contributed by atoms with Crippen LogP contribution in [0, 0.1) is 5.92 Å². The first kappa shape index (κ1) is 15.3. The van der Waals surface area contributed by atoms with E-state index < -0.39 is 0 Å². The fourth-order valence-corrected chi connectivity index (χ4v) is 3.59. The van der Waals surface area contributed by atoms with Crippen molar-refractivity contribution in [3.63, 3.8) is 0 Å². The van der Waals surface area contributed by atoms with Crippen LogP contribution in [-0.4, -0.2) is 47.8 Å². The third-order valence-corrected chi connectivity index (χ3v) is 4.88. The van der Waals surface area contributed by atoms with Gasteiger partial charge in [-0.25, -0.2) is 0 Å². The Morgan fingerprint density at radius 1 is 1.05 bits per heavy atom. The molecule has 0 bridgehead atoms. The van der Waals surface area contributed by atoms with E-state index in [-0.39, 0.29) is 6.10 Å². The molecule has 1 aliphatic heterocycles. The maximum Gasteiger partial charge on any atom is 0.0695 e. The largest absolute Gasteiger partial charge is 0.391 e. The number of aliphatic hydroxyl groups excluding tert-OH is 1. The molecule has 0 aromatic rings. The number of piperidine rings is 1. The van der Waals surface area contributed by atoms with E-state index >= 15 is 0 Å². The predicted molar refractivity (Wildman–Crippen MR) is 80.3 cm³/mol. The molecule has 2 atom stereocenters.